The van der Waals surface area contributed by atoms with Crippen LogP contribution < -0.4 is 19.7 Å². The molecule has 0 saturated carbocycles. The first-order valence-electron chi connectivity index (χ1n) is 10.5. The minimum Gasteiger partial charge on any atom is -0.495 e. The standard InChI is InChI=1S/C26H23ClN2O4/c1-4-33-20-12-7-17(8-13-20)23-24(28-21-15-18(27)9-14-22(21)32-3)26(31)29(25(23)30)19-10-5-16(2)6-11-19/h5-15,28H,4H2,1-3H3. The minimum atomic E-state index is -0.463. The van der Waals surface area contributed by atoms with Gasteiger partial charge in [0, 0.05) is 5.02 Å². The van der Waals surface area contributed by atoms with Crippen molar-refractivity contribution in [1.82, 2.24) is 0 Å². The fourth-order valence-electron chi connectivity index (χ4n) is 3.64. The number of benzene rings is 3. The van der Waals surface area contributed by atoms with Gasteiger partial charge in [-0.1, -0.05) is 41.4 Å². The highest BCUT2D eigenvalue weighted by Crippen LogP contribution is 2.37. The van der Waals surface area contributed by atoms with Crippen molar-refractivity contribution in [3.63, 3.8) is 0 Å². The molecule has 1 aliphatic heterocycles. The molecule has 2 amide bonds. The molecule has 3 aromatic carbocycles. The van der Waals surface area contributed by atoms with E-state index in [2.05, 4.69) is 5.32 Å². The maximum atomic E-state index is 13.6. The number of hydrogen-bond donors (Lipinski definition) is 1. The average molecular weight is 463 g/mol. The van der Waals surface area contributed by atoms with Gasteiger partial charge >= 0.3 is 0 Å². The fourth-order valence-corrected chi connectivity index (χ4v) is 3.81. The Morgan fingerprint density at radius 3 is 2.27 bits per heavy atom. The number of hydrogen-bond acceptors (Lipinski definition) is 5. The number of amides is 2. The van der Waals surface area contributed by atoms with E-state index in [9.17, 15) is 9.59 Å². The highest BCUT2D eigenvalue weighted by atomic mass is 35.5. The first-order chi connectivity index (χ1) is 15.9. The van der Waals surface area contributed by atoms with Crippen LogP contribution in [0.3, 0.4) is 0 Å². The van der Waals surface area contributed by atoms with E-state index in [4.69, 9.17) is 21.1 Å². The molecule has 33 heavy (non-hydrogen) atoms. The van der Waals surface area contributed by atoms with Crippen LogP contribution in [0.5, 0.6) is 11.5 Å². The molecule has 1 N–H and O–H groups in total. The SMILES string of the molecule is CCOc1ccc(C2=C(Nc3cc(Cl)ccc3OC)C(=O)N(c3ccc(C)cc3)C2=O)cc1. The van der Waals surface area contributed by atoms with Gasteiger partial charge in [-0.05, 0) is 61.9 Å². The van der Waals surface area contributed by atoms with Crippen LogP contribution in [-0.4, -0.2) is 25.5 Å². The van der Waals surface area contributed by atoms with Gasteiger partial charge in [-0.3, -0.25) is 9.59 Å². The summed E-state index contributed by atoms with van der Waals surface area (Å²) in [6.07, 6.45) is 0. The molecule has 0 fully saturated rings. The van der Waals surface area contributed by atoms with Crippen LogP contribution in [0.2, 0.25) is 5.02 Å². The van der Waals surface area contributed by atoms with Crippen molar-refractivity contribution in [2.75, 3.05) is 23.9 Å². The van der Waals surface area contributed by atoms with E-state index in [1.807, 2.05) is 26.0 Å². The lowest BCUT2D eigenvalue weighted by Gasteiger charge is -2.16. The lowest BCUT2D eigenvalue weighted by atomic mass is 10.0. The third-order valence-corrected chi connectivity index (χ3v) is 5.49. The van der Waals surface area contributed by atoms with Crippen LogP contribution in [0.25, 0.3) is 5.57 Å². The number of halogens is 1. The van der Waals surface area contributed by atoms with Crippen LogP contribution in [0.15, 0.2) is 72.4 Å². The summed E-state index contributed by atoms with van der Waals surface area (Å²) < 4.78 is 10.9. The summed E-state index contributed by atoms with van der Waals surface area (Å²) in [7, 11) is 1.52. The molecule has 0 aromatic heterocycles. The summed E-state index contributed by atoms with van der Waals surface area (Å²) in [6.45, 7) is 4.37. The first-order valence-corrected chi connectivity index (χ1v) is 10.8. The van der Waals surface area contributed by atoms with Crippen LogP contribution in [0.1, 0.15) is 18.1 Å². The number of rotatable bonds is 7. The monoisotopic (exact) mass is 462 g/mol. The molecule has 0 unspecified atom stereocenters. The maximum absolute atomic E-state index is 13.6. The van der Waals surface area contributed by atoms with E-state index in [-0.39, 0.29) is 11.3 Å². The van der Waals surface area contributed by atoms with E-state index in [0.29, 0.717) is 40.1 Å². The van der Waals surface area contributed by atoms with Gasteiger partial charge in [-0.2, -0.15) is 0 Å². The van der Waals surface area contributed by atoms with Gasteiger partial charge in [-0.25, -0.2) is 4.90 Å². The first kappa shape index (κ1) is 22.4. The number of nitrogens with one attached hydrogen (secondary N) is 1. The van der Waals surface area contributed by atoms with Crippen LogP contribution in [0.4, 0.5) is 11.4 Å². The highest BCUT2D eigenvalue weighted by molar-refractivity contribution is 6.46. The van der Waals surface area contributed by atoms with E-state index in [1.54, 1.807) is 54.6 Å². The molecule has 0 atom stereocenters. The summed E-state index contributed by atoms with van der Waals surface area (Å²) in [6, 6.07) is 19.3. The number of imide groups is 1. The Labute approximate surface area is 197 Å². The molecule has 0 aliphatic carbocycles. The Morgan fingerprint density at radius 1 is 0.939 bits per heavy atom. The Hall–Kier alpha value is -3.77. The lowest BCUT2D eigenvalue weighted by molar-refractivity contribution is -0.120. The van der Waals surface area contributed by atoms with E-state index in [1.165, 1.54) is 12.0 Å². The zero-order valence-electron chi connectivity index (χ0n) is 18.5. The van der Waals surface area contributed by atoms with Crippen molar-refractivity contribution >= 4 is 40.4 Å². The number of nitrogens with zero attached hydrogens (tertiary/aromatic N) is 1. The van der Waals surface area contributed by atoms with Gasteiger partial charge in [0.1, 0.15) is 17.2 Å². The molecule has 6 nitrogen and oxygen atoms in total. The second-order valence-corrected chi connectivity index (χ2v) is 7.89. The Kier molecular flexibility index (Phi) is 6.38. The molecular weight excluding hydrogens is 440 g/mol. The quantitative estimate of drug-likeness (QED) is 0.473. The maximum Gasteiger partial charge on any atom is 0.282 e. The normalized spacial score (nSPS) is 13.5. The second-order valence-electron chi connectivity index (χ2n) is 7.46. The highest BCUT2D eigenvalue weighted by Gasteiger charge is 2.40. The molecule has 7 heteroatoms. The molecule has 1 heterocycles. The largest absolute Gasteiger partial charge is 0.495 e. The van der Waals surface area contributed by atoms with E-state index >= 15 is 0 Å². The number of ether oxygens (including phenoxy) is 2. The van der Waals surface area contributed by atoms with Crippen LogP contribution in [-0.2, 0) is 9.59 Å². The zero-order valence-corrected chi connectivity index (χ0v) is 19.3. The molecule has 0 saturated heterocycles. The minimum absolute atomic E-state index is 0.144. The third-order valence-electron chi connectivity index (χ3n) is 5.25. The molecule has 3 aromatic rings. The summed E-state index contributed by atoms with van der Waals surface area (Å²) in [5.74, 6) is 0.290. The molecule has 4 rings (SSSR count). The second kappa shape index (κ2) is 9.38. The number of aryl methyl sites for hydroxylation is 1. The molecule has 0 spiro atoms. The fraction of sp³-hybridized carbons (Fsp3) is 0.154. The van der Waals surface area contributed by atoms with Gasteiger partial charge in [-0.15, -0.1) is 0 Å². The van der Waals surface area contributed by atoms with Gasteiger partial charge in [0.25, 0.3) is 11.8 Å². The summed E-state index contributed by atoms with van der Waals surface area (Å²) in [5, 5.41) is 3.57. The molecule has 1 aliphatic rings. The Morgan fingerprint density at radius 2 is 1.64 bits per heavy atom. The van der Waals surface area contributed by atoms with Crippen molar-refractivity contribution in [2.24, 2.45) is 0 Å². The van der Waals surface area contributed by atoms with Crippen molar-refractivity contribution in [2.45, 2.75) is 13.8 Å². The predicted molar refractivity (Wildman–Crippen MR) is 130 cm³/mol. The van der Waals surface area contributed by atoms with Gasteiger partial charge in [0.05, 0.1) is 30.7 Å². The molecule has 168 valence electrons. The third kappa shape index (κ3) is 4.43. The lowest BCUT2D eigenvalue weighted by Crippen LogP contribution is -2.32. The van der Waals surface area contributed by atoms with Crippen LogP contribution >= 0.6 is 11.6 Å². The van der Waals surface area contributed by atoms with E-state index in [0.717, 1.165) is 5.56 Å². The molecule has 0 bridgehead atoms. The van der Waals surface area contributed by atoms with Crippen molar-refractivity contribution in [3.8, 4) is 11.5 Å². The molecular formula is C26H23ClN2O4. The topological polar surface area (TPSA) is 67.9 Å². The van der Waals surface area contributed by atoms with Gasteiger partial charge in [0.15, 0.2) is 0 Å². The zero-order chi connectivity index (χ0) is 23.5. The summed E-state index contributed by atoms with van der Waals surface area (Å²) >= 11 is 6.18. The van der Waals surface area contributed by atoms with Crippen molar-refractivity contribution in [3.05, 3.63) is 88.6 Å². The summed E-state index contributed by atoms with van der Waals surface area (Å²) in [4.78, 5) is 28.3. The van der Waals surface area contributed by atoms with Gasteiger partial charge < -0.3 is 14.8 Å². The number of anilines is 2. The van der Waals surface area contributed by atoms with Crippen molar-refractivity contribution in [1.29, 1.82) is 0 Å². The number of carbonyl (C=O) groups is 2. The predicted octanol–water partition coefficient (Wildman–Crippen LogP) is 5.45. The molecule has 0 radical (unpaired) electrons. The summed E-state index contributed by atoms with van der Waals surface area (Å²) in [5.41, 5.74) is 3.00. The van der Waals surface area contributed by atoms with Crippen molar-refractivity contribution < 1.29 is 19.1 Å². The van der Waals surface area contributed by atoms with E-state index < -0.39 is 11.8 Å². The smallest absolute Gasteiger partial charge is 0.282 e. The van der Waals surface area contributed by atoms with Crippen LogP contribution in [0, 0.1) is 6.92 Å². The van der Waals surface area contributed by atoms with Gasteiger partial charge in [0.2, 0.25) is 0 Å². The number of carbonyl (C=O) groups excluding carboxylic acids is 2. The average Bonchev–Trinajstić information content (AvgIpc) is 3.05. The number of methoxy groups -OCH3 is 1. The Balaban J connectivity index is 1.82. The Bertz CT molecular complexity index is 1230.